The average Bonchev–Trinajstić information content (AvgIpc) is 3.02. The molecule has 0 nitrogen and oxygen atoms in total. The van der Waals surface area contributed by atoms with Gasteiger partial charge in [-0.2, -0.15) is 26.3 Å². The van der Waals surface area contributed by atoms with Crippen LogP contribution < -0.4 is 0 Å². The summed E-state index contributed by atoms with van der Waals surface area (Å²) in [5.41, 5.74) is 3.11. The Labute approximate surface area is 248 Å². The average molecular weight is 593 g/mol. The maximum atomic E-state index is 13.5. The Morgan fingerprint density at radius 3 is 1.36 bits per heavy atom. The van der Waals surface area contributed by atoms with Crippen LogP contribution in [0.5, 0.6) is 0 Å². The third-order valence-electron chi connectivity index (χ3n) is 8.11. The minimum Gasteiger partial charge on any atom is -0.166 e. The first-order chi connectivity index (χ1) is 21.1. The third-order valence-corrected chi connectivity index (χ3v) is 8.11. The number of rotatable bonds is 3. The van der Waals surface area contributed by atoms with Crippen molar-refractivity contribution in [1.82, 2.24) is 0 Å². The van der Waals surface area contributed by atoms with Gasteiger partial charge in [0.15, 0.2) is 0 Å². The first kappa shape index (κ1) is 27.7. The number of alkyl halides is 6. The normalized spacial score (nSPS) is 12.3. The molecule has 0 saturated carbocycles. The molecule has 0 spiro atoms. The molecule has 0 radical (unpaired) electrons. The minimum absolute atomic E-state index is 0.596. The van der Waals surface area contributed by atoms with E-state index in [0.717, 1.165) is 73.3 Å². The highest BCUT2D eigenvalue weighted by Crippen LogP contribution is 2.46. The van der Waals surface area contributed by atoms with Gasteiger partial charge in [0.1, 0.15) is 0 Å². The van der Waals surface area contributed by atoms with Crippen molar-refractivity contribution in [1.29, 1.82) is 0 Å². The molecule has 216 valence electrons. The number of hydrogen-bond acceptors (Lipinski definition) is 0. The van der Waals surface area contributed by atoms with Crippen molar-refractivity contribution in [3.8, 4) is 33.4 Å². The zero-order chi connectivity index (χ0) is 30.6. The van der Waals surface area contributed by atoms with Gasteiger partial charge in [-0.1, -0.05) is 97.1 Å². The molecule has 0 amide bonds. The summed E-state index contributed by atoms with van der Waals surface area (Å²) in [5.74, 6) is 0. The van der Waals surface area contributed by atoms with Crippen LogP contribution in [-0.4, -0.2) is 0 Å². The molecular formula is C38H22F6. The van der Waals surface area contributed by atoms with E-state index in [2.05, 4.69) is 18.2 Å². The van der Waals surface area contributed by atoms with Crippen LogP contribution in [0.4, 0.5) is 26.3 Å². The van der Waals surface area contributed by atoms with Gasteiger partial charge in [0.2, 0.25) is 0 Å². The first-order valence-corrected chi connectivity index (χ1v) is 13.9. The molecule has 0 N–H and O–H groups in total. The second-order valence-electron chi connectivity index (χ2n) is 10.8. The van der Waals surface area contributed by atoms with Crippen LogP contribution in [-0.2, 0) is 12.4 Å². The smallest absolute Gasteiger partial charge is 0.166 e. The second kappa shape index (κ2) is 10.3. The predicted octanol–water partition coefficient (Wildman–Crippen LogP) is 12.2. The number of halogens is 6. The van der Waals surface area contributed by atoms with Crippen molar-refractivity contribution >= 4 is 32.3 Å². The van der Waals surface area contributed by atoms with E-state index < -0.39 is 23.5 Å². The summed E-state index contributed by atoms with van der Waals surface area (Å²) in [6.45, 7) is 0. The van der Waals surface area contributed by atoms with E-state index in [0.29, 0.717) is 16.7 Å². The van der Waals surface area contributed by atoms with Crippen LogP contribution in [0.2, 0.25) is 0 Å². The van der Waals surface area contributed by atoms with Gasteiger partial charge < -0.3 is 0 Å². The Kier molecular flexibility index (Phi) is 6.47. The monoisotopic (exact) mass is 592 g/mol. The molecule has 0 heterocycles. The van der Waals surface area contributed by atoms with E-state index >= 15 is 0 Å². The molecule has 0 atom stereocenters. The zero-order valence-electron chi connectivity index (χ0n) is 23.0. The van der Waals surface area contributed by atoms with E-state index in [1.54, 1.807) is 0 Å². The molecule has 7 aromatic rings. The Morgan fingerprint density at radius 1 is 0.318 bits per heavy atom. The molecule has 0 bridgehead atoms. The molecule has 44 heavy (non-hydrogen) atoms. The first-order valence-electron chi connectivity index (χ1n) is 13.9. The summed E-state index contributed by atoms with van der Waals surface area (Å²) in [6.07, 6.45) is -8.93. The van der Waals surface area contributed by atoms with Crippen LogP contribution in [0.15, 0.2) is 133 Å². The van der Waals surface area contributed by atoms with E-state index in [1.807, 2.05) is 66.7 Å². The Balaban J connectivity index is 1.54. The summed E-state index contributed by atoms with van der Waals surface area (Å²) >= 11 is 0. The van der Waals surface area contributed by atoms with Crippen molar-refractivity contribution in [2.45, 2.75) is 12.4 Å². The van der Waals surface area contributed by atoms with Crippen LogP contribution in [0.25, 0.3) is 65.7 Å². The van der Waals surface area contributed by atoms with Gasteiger partial charge in [0.05, 0.1) is 11.1 Å². The molecule has 7 rings (SSSR count). The molecule has 0 aliphatic heterocycles. The van der Waals surface area contributed by atoms with Crippen molar-refractivity contribution in [2.75, 3.05) is 0 Å². The largest absolute Gasteiger partial charge is 0.416 e. The third kappa shape index (κ3) is 4.86. The molecule has 7 aromatic carbocycles. The number of hydrogen-bond donors (Lipinski definition) is 0. The predicted molar refractivity (Wildman–Crippen MR) is 165 cm³/mol. The molecule has 0 saturated heterocycles. The van der Waals surface area contributed by atoms with Gasteiger partial charge >= 0.3 is 12.4 Å². The Hall–Kier alpha value is -5.10. The lowest BCUT2D eigenvalue weighted by Crippen LogP contribution is -2.04. The summed E-state index contributed by atoms with van der Waals surface area (Å²) in [5, 5.41) is 5.61. The quantitative estimate of drug-likeness (QED) is 0.141. The molecule has 0 unspecified atom stereocenters. The second-order valence-corrected chi connectivity index (χ2v) is 10.8. The molecule has 6 heteroatoms. The summed E-state index contributed by atoms with van der Waals surface area (Å²) in [7, 11) is 0. The SMILES string of the molecule is FC(F)(F)c1ccc(-c2ccc3c(-c4ccc5ccccc5c4)c4ccccc4c(-c4ccc(C(F)(F)F)cc4)c3c2)cc1. The van der Waals surface area contributed by atoms with Crippen molar-refractivity contribution < 1.29 is 26.3 Å². The highest BCUT2D eigenvalue weighted by molar-refractivity contribution is 6.22. The maximum Gasteiger partial charge on any atom is 0.416 e. The Morgan fingerprint density at radius 2 is 0.773 bits per heavy atom. The summed E-state index contributed by atoms with van der Waals surface area (Å²) in [6, 6.07) is 37.9. The minimum atomic E-state index is -4.47. The highest BCUT2D eigenvalue weighted by atomic mass is 19.4. The summed E-state index contributed by atoms with van der Waals surface area (Å²) < 4.78 is 80.1. The lowest BCUT2D eigenvalue weighted by molar-refractivity contribution is -0.138. The summed E-state index contributed by atoms with van der Waals surface area (Å²) in [4.78, 5) is 0. The van der Waals surface area contributed by atoms with Gasteiger partial charge in [-0.05, 0) is 102 Å². The number of benzene rings is 7. The van der Waals surface area contributed by atoms with Gasteiger partial charge in [0, 0.05) is 0 Å². The standard InChI is InChI=1S/C38H22F6/c39-37(40,41)29-16-11-24(12-17-29)27-15-20-33-34(22-27)35(25-13-18-30(19-14-25)38(42,43)44)31-7-3-4-8-32(31)36(33)28-10-9-23-5-1-2-6-26(23)21-28/h1-22H. The number of fused-ring (bicyclic) bond motifs is 3. The van der Waals surface area contributed by atoms with E-state index in [-0.39, 0.29) is 0 Å². The van der Waals surface area contributed by atoms with E-state index in [1.165, 1.54) is 24.3 Å². The van der Waals surface area contributed by atoms with Crippen LogP contribution in [0, 0.1) is 0 Å². The highest BCUT2D eigenvalue weighted by Gasteiger charge is 2.31. The van der Waals surface area contributed by atoms with Crippen molar-refractivity contribution in [2.24, 2.45) is 0 Å². The van der Waals surface area contributed by atoms with Gasteiger partial charge in [-0.25, -0.2) is 0 Å². The zero-order valence-corrected chi connectivity index (χ0v) is 23.0. The Bertz CT molecular complexity index is 2170. The molecule has 0 aliphatic carbocycles. The lowest BCUT2D eigenvalue weighted by Gasteiger charge is -2.19. The lowest BCUT2D eigenvalue weighted by atomic mass is 9.84. The van der Waals surface area contributed by atoms with Gasteiger partial charge in [-0.3, -0.25) is 0 Å². The molecule has 0 fully saturated rings. The van der Waals surface area contributed by atoms with Crippen molar-refractivity contribution in [3.63, 3.8) is 0 Å². The van der Waals surface area contributed by atoms with Gasteiger partial charge in [-0.15, -0.1) is 0 Å². The molecular weight excluding hydrogens is 570 g/mol. The van der Waals surface area contributed by atoms with E-state index in [9.17, 15) is 26.3 Å². The van der Waals surface area contributed by atoms with Crippen LogP contribution in [0.1, 0.15) is 11.1 Å². The molecule has 0 aliphatic rings. The van der Waals surface area contributed by atoms with Crippen molar-refractivity contribution in [3.05, 3.63) is 145 Å². The fourth-order valence-corrected chi connectivity index (χ4v) is 6.00. The topological polar surface area (TPSA) is 0 Å². The molecule has 0 aromatic heterocycles. The fourth-order valence-electron chi connectivity index (χ4n) is 6.00. The van der Waals surface area contributed by atoms with E-state index in [4.69, 9.17) is 0 Å². The fraction of sp³-hybridized carbons (Fsp3) is 0.0526. The van der Waals surface area contributed by atoms with Crippen LogP contribution in [0.3, 0.4) is 0 Å². The van der Waals surface area contributed by atoms with Gasteiger partial charge in [0.25, 0.3) is 0 Å². The van der Waals surface area contributed by atoms with Crippen LogP contribution >= 0.6 is 0 Å². The maximum absolute atomic E-state index is 13.5.